The highest BCUT2D eigenvalue weighted by Gasteiger charge is 2.14. The lowest BCUT2D eigenvalue weighted by Gasteiger charge is -2.18. The van der Waals surface area contributed by atoms with E-state index >= 15 is 0 Å². The van der Waals surface area contributed by atoms with Crippen LogP contribution in [0, 0.1) is 19.8 Å². The Labute approximate surface area is 143 Å². The number of rotatable bonds is 5. The van der Waals surface area contributed by atoms with Crippen LogP contribution in [0.3, 0.4) is 0 Å². The molecule has 5 nitrogen and oxygen atoms in total. The van der Waals surface area contributed by atoms with Crippen LogP contribution in [0.1, 0.15) is 56.6 Å². The molecule has 0 aliphatic heterocycles. The Morgan fingerprint density at radius 2 is 1.96 bits per heavy atom. The van der Waals surface area contributed by atoms with E-state index in [0.717, 1.165) is 41.8 Å². The van der Waals surface area contributed by atoms with Crippen LogP contribution in [0.15, 0.2) is 23.3 Å². The molecule has 1 aliphatic carbocycles. The maximum absolute atomic E-state index is 12.0. The Bertz CT molecular complexity index is 637. The topological polar surface area (TPSA) is 70.6 Å². The van der Waals surface area contributed by atoms with E-state index < -0.39 is 0 Å². The first-order chi connectivity index (χ1) is 11.4. The van der Waals surface area contributed by atoms with Crippen molar-refractivity contribution in [3.8, 4) is 0 Å². The fourth-order valence-electron chi connectivity index (χ4n) is 2.95. The van der Waals surface area contributed by atoms with Crippen molar-refractivity contribution in [1.82, 2.24) is 5.43 Å². The quantitative estimate of drug-likeness (QED) is 0.809. The van der Waals surface area contributed by atoms with E-state index in [0.29, 0.717) is 5.92 Å². The number of hydrazone groups is 1. The lowest BCUT2D eigenvalue weighted by atomic mass is 9.89. The molecule has 0 aromatic heterocycles. The van der Waals surface area contributed by atoms with E-state index in [-0.39, 0.29) is 24.7 Å². The number of carbonyl (C=O) groups excluding carboxylic acids is 2. The van der Waals surface area contributed by atoms with Gasteiger partial charge in [-0.3, -0.25) is 9.59 Å². The molecule has 24 heavy (non-hydrogen) atoms. The van der Waals surface area contributed by atoms with Crippen LogP contribution in [0.25, 0.3) is 0 Å². The molecule has 1 aromatic carbocycles. The summed E-state index contributed by atoms with van der Waals surface area (Å²) in [5.41, 5.74) is 6.60. The van der Waals surface area contributed by atoms with E-state index in [1.54, 1.807) is 0 Å². The smallest absolute Gasteiger partial charge is 0.240 e. The zero-order chi connectivity index (χ0) is 17.5. The fourth-order valence-corrected chi connectivity index (χ4v) is 2.95. The summed E-state index contributed by atoms with van der Waals surface area (Å²) in [6.07, 6.45) is 4.56. The van der Waals surface area contributed by atoms with Gasteiger partial charge in [-0.2, -0.15) is 5.10 Å². The highest BCUT2D eigenvalue weighted by atomic mass is 16.2. The summed E-state index contributed by atoms with van der Waals surface area (Å²) in [4.78, 5) is 23.8. The fraction of sp³-hybridized carbons (Fsp3) is 0.526. The lowest BCUT2D eigenvalue weighted by molar-refractivity contribution is -0.124. The Kier molecular flexibility index (Phi) is 6.53. The molecule has 2 N–H and O–H groups in total. The van der Waals surface area contributed by atoms with E-state index in [4.69, 9.17) is 0 Å². The predicted octanol–water partition coefficient (Wildman–Crippen LogP) is 3.70. The highest BCUT2D eigenvalue weighted by Crippen LogP contribution is 2.21. The Hall–Kier alpha value is -2.17. The Morgan fingerprint density at radius 3 is 2.67 bits per heavy atom. The average Bonchev–Trinajstić information content (AvgIpc) is 2.54. The summed E-state index contributed by atoms with van der Waals surface area (Å²) in [5, 5.41) is 7.05. The van der Waals surface area contributed by atoms with E-state index in [1.165, 1.54) is 6.42 Å². The molecule has 1 saturated carbocycles. The molecule has 1 atom stereocenters. The zero-order valence-electron chi connectivity index (χ0n) is 14.8. The predicted molar refractivity (Wildman–Crippen MR) is 97.0 cm³/mol. The monoisotopic (exact) mass is 329 g/mol. The first-order valence-electron chi connectivity index (χ1n) is 8.65. The third kappa shape index (κ3) is 5.80. The number of nitrogens with zero attached hydrogens (tertiary/aromatic N) is 1. The number of carbonyl (C=O) groups is 2. The molecular weight excluding hydrogens is 302 g/mol. The number of benzene rings is 1. The van der Waals surface area contributed by atoms with Crippen LogP contribution in [-0.4, -0.2) is 17.5 Å². The van der Waals surface area contributed by atoms with Gasteiger partial charge in [-0.05, 0) is 57.1 Å². The molecule has 130 valence electrons. The first-order valence-corrected chi connectivity index (χ1v) is 8.65. The minimum absolute atomic E-state index is 0.142. The van der Waals surface area contributed by atoms with Crippen molar-refractivity contribution in [3.63, 3.8) is 0 Å². The number of hydrogen-bond acceptors (Lipinski definition) is 3. The van der Waals surface area contributed by atoms with E-state index in [9.17, 15) is 9.59 Å². The van der Waals surface area contributed by atoms with Gasteiger partial charge in [0, 0.05) is 24.2 Å². The molecule has 1 unspecified atom stereocenters. The van der Waals surface area contributed by atoms with Crippen LogP contribution in [0.4, 0.5) is 5.69 Å². The SMILES string of the molecule is Cc1ccc(NC(=O)CCC(=O)N/N=C2\CCCC(C)C2)c(C)c1. The van der Waals surface area contributed by atoms with Crippen LogP contribution >= 0.6 is 0 Å². The first kappa shape index (κ1) is 18.2. The Balaban J connectivity index is 1.75. The highest BCUT2D eigenvalue weighted by molar-refractivity contribution is 5.94. The minimum Gasteiger partial charge on any atom is -0.326 e. The van der Waals surface area contributed by atoms with Gasteiger partial charge in [-0.25, -0.2) is 5.43 Å². The third-order valence-corrected chi connectivity index (χ3v) is 4.32. The lowest BCUT2D eigenvalue weighted by Crippen LogP contribution is -2.23. The van der Waals surface area contributed by atoms with Crippen molar-refractivity contribution < 1.29 is 9.59 Å². The number of amides is 2. The number of hydrogen-bond donors (Lipinski definition) is 2. The van der Waals surface area contributed by atoms with Gasteiger partial charge in [0.05, 0.1) is 0 Å². The van der Waals surface area contributed by atoms with Crippen molar-refractivity contribution in [2.45, 2.75) is 59.3 Å². The summed E-state index contributed by atoms with van der Waals surface area (Å²) in [5.74, 6) is 0.269. The largest absolute Gasteiger partial charge is 0.326 e. The van der Waals surface area contributed by atoms with Crippen molar-refractivity contribution in [2.75, 3.05) is 5.32 Å². The normalized spacial score (nSPS) is 19.1. The molecule has 1 aliphatic rings. The van der Waals surface area contributed by atoms with Gasteiger partial charge in [0.25, 0.3) is 0 Å². The van der Waals surface area contributed by atoms with Crippen LogP contribution in [0.2, 0.25) is 0 Å². The van der Waals surface area contributed by atoms with Crippen molar-refractivity contribution in [1.29, 1.82) is 0 Å². The molecule has 0 bridgehead atoms. The molecule has 0 heterocycles. The molecule has 2 amide bonds. The summed E-state index contributed by atoms with van der Waals surface area (Å²) < 4.78 is 0. The van der Waals surface area contributed by atoms with Crippen LogP contribution in [-0.2, 0) is 9.59 Å². The molecule has 1 fully saturated rings. The maximum Gasteiger partial charge on any atom is 0.240 e. The number of aryl methyl sites for hydroxylation is 2. The molecule has 1 aromatic rings. The summed E-state index contributed by atoms with van der Waals surface area (Å²) >= 11 is 0. The van der Waals surface area contributed by atoms with Gasteiger partial charge < -0.3 is 5.32 Å². The van der Waals surface area contributed by atoms with Gasteiger partial charge in [0.1, 0.15) is 0 Å². The third-order valence-electron chi connectivity index (χ3n) is 4.32. The second-order valence-corrected chi connectivity index (χ2v) is 6.78. The van der Waals surface area contributed by atoms with Crippen LogP contribution in [0.5, 0.6) is 0 Å². The summed E-state index contributed by atoms with van der Waals surface area (Å²) in [7, 11) is 0. The second-order valence-electron chi connectivity index (χ2n) is 6.78. The molecule has 0 radical (unpaired) electrons. The van der Waals surface area contributed by atoms with Crippen molar-refractivity contribution >= 4 is 23.2 Å². The maximum atomic E-state index is 12.0. The second kappa shape index (κ2) is 8.62. The number of anilines is 1. The molecule has 0 saturated heterocycles. The molecule has 2 rings (SSSR count). The van der Waals surface area contributed by atoms with Gasteiger partial charge in [-0.15, -0.1) is 0 Å². The van der Waals surface area contributed by atoms with Crippen molar-refractivity contribution in [2.24, 2.45) is 11.0 Å². The molecular formula is C19H27N3O2. The minimum atomic E-state index is -0.212. The molecule has 5 heteroatoms. The molecule has 0 spiro atoms. The summed E-state index contributed by atoms with van der Waals surface area (Å²) in [6.45, 7) is 6.17. The van der Waals surface area contributed by atoms with Crippen LogP contribution < -0.4 is 10.7 Å². The van der Waals surface area contributed by atoms with E-state index in [1.807, 2.05) is 32.0 Å². The van der Waals surface area contributed by atoms with E-state index in [2.05, 4.69) is 22.8 Å². The standard InChI is InChI=1S/C19H27N3O2/c1-13-5-4-6-16(12-13)21-22-19(24)10-9-18(23)20-17-8-7-14(2)11-15(17)3/h7-8,11,13H,4-6,9-10,12H2,1-3H3,(H,20,23)(H,22,24)/b21-16+. The van der Waals surface area contributed by atoms with Gasteiger partial charge >= 0.3 is 0 Å². The average molecular weight is 329 g/mol. The van der Waals surface area contributed by atoms with Gasteiger partial charge in [-0.1, -0.05) is 24.6 Å². The summed E-state index contributed by atoms with van der Waals surface area (Å²) in [6, 6.07) is 5.86. The zero-order valence-corrected chi connectivity index (χ0v) is 14.8. The number of nitrogens with one attached hydrogen (secondary N) is 2. The van der Waals surface area contributed by atoms with Crippen molar-refractivity contribution in [3.05, 3.63) is 29.3 Å². The van der Waals surface area contributed by atoms with Gasteiger partial charge in [0.2, 0.25) is 11.8 Å². The van der Waals surface area contributed by atoms with Gasteiger partial charge in [0.15, 0.2) is 0 Å². The Morgan fingerprint density at radius 1 is 1.21 bits per heavy atom.